The van der Waals surface area contributed by atoms with Crippen LogP contribution in [-0.2, 0) is 9.53 Å². The minimum Gasteiger partial charge on any atom is -0.481 e. The van der Waals surface area contributed by atoms with Gasteiger partial charge in [-0.25, -0.2) is 9.67 Å². The monoisotopic (exact) mass is 348 g/mol. The number of methoxy groups -OCH3 is 1. The molecule has 0 aliphatic carbocycles. The zero-order valence-corrected chi connectivity index (χ0v) is 15.2. The summed E-state index contributed by atoms with van der Waals surface area (Å²) in [6, 6.07) is 1.89. The Morgan fingerprint density at radius 3 is 2.68 bits per heavy atom. The van der Waals surface area contributed by atoms with E-state index in [1.54, 1.807) is 30.8 Å². The highest BCUT2D eigenvalue weighted by Crippen LogP contribution is 2.20. The number of carboxylic acid groups (broad SMARTS) is 1. The molecule has 2 N–H and O–H groups in total. The van der Waals surface area contributed by atoms with Crippen LogP contribution < -0.4 is 5.32 Å². The average molecular weight is 348 g/mol. The number of carbonyl (C=O) groups excluding carboxylic acids is 1. The van der Waals surface area contributed by atoms with Gasteiger partial charge in [0.05, 0.1) is 36.0 Å². The summed E-state index contributed by atoms with van der Waals surface area (Å²) in [5.74, 6) is -1.40. The Balaban J connectivity index is 2.35. The Morgan fingerprint density at radius 2 is 2.12 bits per heavy atom. The van der Waals surface area contributed by atoms with Gasteiger partial charge >= 0.3 is 5.97 Å². The van der Waals surface area contributed by atoms with Crippen molar-refractivity contribution in [2.24, 2.45) is 0 Å². The van der Waals surface area contributed by atoms with E-state index in [-0.39, 0.29) is 25.0 Å². The maximum absolute atomic E-state index is 12.7. The van der Waals surface area contributed by atoms with E-state index in [4.69, 9.17) is 9.84 Å². The number of carboxylic acids is 1. The minimum atomic E-state index is -1.01. The second-order valence-electron chi connectivity index (χ2n) is 6.74. The summed E-state index contributed by atoms with van der Waals surface area (Å²) in [6.07, 6.45) is 1.43. The fraction of sp³-hybridized carbons (Fsp3) is 0.529. The zero-order valence-electron chi connectivity index (χ0n) is 15.2. The van der Waals surface area contributed by atoms with Crippen LogP contribution >= 0.6 is 0 Å². The number of aliphatic carboxylic acids is 1. The molecule has 0 fully saturated rings. The van der Waals surface area contributed by atoms with E-state index in [1.807, 2.05) is 13.8 Å². The van der Waals surface area contributed by atoms with Crippen molar-refractivity contribution in [3.8, 4) is 0 Å². The summed E-state index contributed by atoms with van der Waals surface area (Å²) in [6.45, 7) is 7.49. The topological polar surface area (TPSA) is 106 Å². The lowest BCUT2D eigenvalue weighted by Gasteiger charge is -2.28. The maximum atomic E-state index is 12.7. The van der Waals surface area contributed by atoms with E-state index >= 15 is 0 Å². The lowest BCUT2D eigenvalue weighted by Crippen LogP contribution is -2.50. The Bertz CT molecular complexity index is 799. The number of nitrogens with zero attached hydrogens (tertiary/aromatic N) is 3. The third-order valence-corrected chi connectivity index (χ3v) is 3.91. The Kier molecular flexibility index (Phi) is 5.42. The van der Waals surface area contributed by atoms with E-state index in [0.717, 1.165) is 5.39 Å². The van der Waals surface area contributed by atoms with Crippen molar-refractivity contribution in [3.05, 3.63) is 23.5 Å². The van der Waals surface area contributed by atoms with Gasteiger partial charge in [0.15, 0.2) is 5.65 Å². The van der Waals surface area contributed by atoms with Gasteiger partial charge in [-0.3, -0.25) is 9.59 Å². The highest BCUT2D eigenvalue weighted by atomic mass is 16.5. The summed E-state index contributed by atoms with van der Waals surface area (Å²) in [5, 5.41) is 16.9. The van der Waals surface area contributed by atoms with Crippen LogP contribution in [0.25, 0.3) is 11.0 Å². The molecule has 0 aromatic carbocycles. The van der Waals surface area contributed by atoms with E-state index in [0.29, 0.717) is 16.9 Å². The van der Waals surface area contributed by atoms with Gasteiger partial charge < -0.3 is 15.2 Å². The van der Waals surface area contributed by atoms with Crippen molar-refractivity contribution in [2.75, 3.05) is 13.7 Å². The van der Waals surface area contributed by atoms with E-state index in [9.17, 15) is 9.59 Å². The number of fused-ring (bicyclic) bond motifs is 1. The Labute approximate surface area is 146 Å². The first-order valence-electron chi connectivity index (χ1n) is 8.05. The molecule has 1 amide bonds. The molecule has 2 aromatic rings. The highest BCUT2D eigenvalue weighted by molar-refractivity contribution is 5.98. The number of hydrogen-bond donors (Lipinski definition) is 2. The Hall–Kier alpha value is -2.48. The van der Waals surface area contributed by atoms with E-state index < -0.39 is 11.5 Å². The first-order valence-corrected chi connectivity index (χ1v) is 8.05. The number of ether oxygens (including phenoxy) is 1. The quantitative estimate of drug-likeness (QED) is 0.792. The highest BCUT2D eigenvalue weighted by Gasteiger charge is 2.30. The fourth-order valence-corrected chi connectivity index (χ4v) is 2.80. The summed E-state index contributed by atoms with van der Waals surface area (Å²) in [7, 11) is 1.46. The van der Waals surface area contributed by atoms with Crippen LogP contribution in [0.3, 0.4) is 0 Å². The lowest BCUT2D eigenvalue weighted by atomic mass is 9.98. The van der Waals surface area contributed by atoms with Crippen LogP contribution in [0.1, 0.15) is 49.3 Å². The molecule has 0 spiro atoms. The van der Waals surface area contributed by atoms with Crippen molar-refractivity contribution >= 4 is 22.9 Å². The average Bonchev–Trinajstić information content (AvgIpc) is 2.87. The molecule has 1 atom stereocenters. The number of hydrogen-bond acceptors (Lipinski definition) is 5. The molecule has 2 heterocycles. The van der Waals surface area contributed by atoms with Gasteiger partial charge in [0.25, 0.3) is 5.91 Å². The largest absolute Gasteiger partial charge is 0.481 e. The van der Waals surface area contributed by atoms with Crippen LogP contribution in [0.2, 0.25) is 0 Å². The first-order chi connectivity index (χ1) is 11.7. The number of rotatable bonds is 7. The predicted octanol–water partition coefficient (Wildman–Crippen LogP) is 1.93. The predicted molar refractivity (Wildman–Crippen MR) is 92.7 cm³/mol. The number of carbonyl (C=O) groups is 2. The van der Waals surface area contributed by atoms with Gasteiger partial charge in [-0.1, -0.05) is 0 Å². The van der Waals surface area contributed by atoms with Crippen molar-refractivity contribution in [2.45, 2.75) is 45.7 Å². The van der Waals surface area contributed by atoms with Crippen molar-refractivity contribution in [1.29, 1.82) is 0 Å². The molecule has 2 aromatic heterocycles. The van der Waals surface area contributed by atoms with Gasteiger partial charge in [-0.15, -0.1) is 0 Å². The number of aromatic nitrogens is 3. The van der Waals surface area contributed by atoms with E-state index in [2.05, 4.69) is 15.4 Å². The van der Waals surface area contributed by atoms with Gasteiger partial charge in [0.2, 0.25) is 0 Å². The second kappa shape index (κ2) is 7.18. The van der Waals surface area contributed by atoms with Crippen LogP contribution in [0.4, 0.5) is 0 Å². The summed E-state index contributed by atoms with van der Waals surface area (Å²) in [5.41, 5.74) is 0.654. The molecule has 1 unspecified atom stereocenters. The fourth-order valence-electron chi connectivity index (χ4n) is 2.80. The normalized spacial score (nSPS) is 13.8. The van der Waals surface area contributed by atoms with Crippen molar-refractivity contribution in [1.82, 2.24) is 20.1 Å². The van der Waals surface area contributed by atoms with Gasteiger partial charge in [-0.2, -0.15) is 5.10 Å². The molecule has 0 aliphatic rings. The second-order valence-corrected chi connectivity index (χ2v) is 6.74. The third kappa shape index (κ3) is 4.14. The standard InChI is InChI=1S/C17H24N4O4/c1-10(2)21-15-12(8-18-21)6-13(11(3)19-15)16(24)20-17(4,9-25-5)7-14(22)23/h6,8,10H,7,9H2,1-5H3,(H,20,24)(H,22,23). The maximum Gasteiger partial charge on any atom is 0.305 e. The van der Waals surface area contributed by atoms with Crippen molar-refractivity contribution < 1.29 is 19.4 Å². The zero-order chi connectivity index (χ0) is 18.8. The van der Waals surface area contributed by atoms with Crippen LogP contribution in [0.15, 0.2) is 12.3 Å². The smallest absolute Gasteiger partial charge is 0.305 e. The molecule has 8 nitrogen and oxygen atoms in total. The van der Waals surface area contributed by atoms with Crippen LogP contribution in [0.5, 0.6) is 0 Å². The first kappa shape index (κ1) is 18.9. The molecule has 0 radical (unpaired) electrons. The number of pyridine rings is 1. The summed E-state index contributed by atoms with van der Waals surface area (Å²) in [4.78, 5) is 28.3. The van der Waals surface area contributed by atoms with Crippen LogP contribution in [-0.4, -0.2) is 51.0 Å². The molecular weight excluding hydrogens is 324 g/mol. The number of amides is 1. The summed E-state index contributed by atoms with van der Waals surface area (Å²) < 4.78 is 6.86. The SMILES string of the molecule is COCC(C)(CC(=O)O)NC(=O)c1cc2cnn(C(C)C)c2nc1C. The number of nitrogens with one attached hydrogen (secondary N) is 1. The molecule has 0 aliphatic heterocycles. The molecule has 136 valence electrons. The van der Waals surface area contributed by atoms with Gasteiger partial charge in [-0.05, 0) is 33.8 Å². The van der Waals surface area contributed by atoms with Crippen molar-refractivity contribution in [3.63, 3.8) is 0 Å². The Morgan fingerprint density at radius 1 is 1.44 bits per heavy atom. The molecule has 2 rings (SSSR count). The minimum absolute atomic E-state index is 0.0883. The lowest BCUT2D eigenvalue weighted by molar-refractivity contribution is -0.139. The third-order valence-electron chi connectivity index (χ3n) is 3.91. The van der Waals surface area contributed by atoms with E-state index in [1.165, 1.54) is 7.11 Å². The van der Waals surface area contributed by atoms with Crippen LogP contribution in [0, 0.1) is 6.92 Å². The number of aryl methyl sites for hydroxylation is 1. The molecule has 25 heavy (non-hydrogen) atoms. The molecule has 0 saturated carbocycles. The molecular formula is C17H24N4O4. The van der Waals surface area contributed by atoms with Gasteiger partial charge in [0, 0.05) is 18.5 Å². The molecule has 0 bridgehead atoms. The molecule has 8 heteroatoms. The van der Waals surface area contributed by atoms with Gasteiger partial charge in [0.1, 0.15) is 0 Å². The molecule has 0 saturated heterocycles. The summed E-state index contributed by atoms with van der Waals surface area (Å²) >= 11 is 0.